The quantitative estimate of drug-likeness (QED) is 0.817. The molecule has 7 heteroatoms. The van der Waals surface area contributed by atoms with Crippen molar-refractivity contribution in [2.75, 3.05) is 23.7 Å². The molecule has 2 rings (SSSR count). The van der Waals surface area contributed by atoms with Crippen molar-refractivity contribution in [3.05, 3.63) is 18.2 Å². The van der Waals surface area contributed by atoms with Gasteiger partial charge in [-0.2, -0.15) is 4.39 Å². The standard InChI is InChI=1S/C16H25FN4O2/c1-10-7-11(20-15(22)23-16(2,3)4)9-21(8-10)12-5-6-19-14(17)13(12)18/h5-6,10-11H,7-9,18H2,1-4H3,(H,20,22)/t10-,11+/m1/s1. The van der Waals surface area contributed by atoms with E-state index in [0.717, 1.165) is 13.0 Å². The van der Waals surface area contributed by atoms with Gasteiger partial charge in [-0.3, -0.25) is 0 Å². The topological polar surface area (TPSA) is 80.5 Å². The summed E-state index contributed by atoms with van der Waals surface area (Å²) < 4.78 is 18.9. The van der Waals surface area contributed by atoms with Crippen LogP contribution in [0.5, 0.6) is 0 Å². The van der Waals surface area contributed by atoms with Crippen molar-refractivity contribution in [1.29, 1.82) is 0 Å². The molecule has 1 aliphatic heterocycles. The number of anilines is 2. The lowest BCUT2D eigenvalue weighted by Gasteiger charge is -2.38. The maximum absolute atomic E-state index is 13.6. The predicted molar refractivity (Wildman–Crippen MR) is 87.8 cm³/mol. The first kappa shape index (κ1) is 17.3. The van der Waals surface area contributed by atoms with Gasteiger partial charge in [-0.25, -0.2) is 9.78 Å². The molecule has 1 amide bonds. The highest BCUT2D eigenvalue weighted by molar-refractivity contribution is 5.69. The van der Waals surface area contributed by atoms with Gasteiger partial charge in [-0.1, -0.05) is 6.92 Å². The number of carbonyl (C=O) groups excluding carboxylic acids is 1. The van der Waals surface area contributed by atoms with Crippen LogP contribution in [0.2, 0.25) is 0 Å². The number of rotatable bonds is 2. The van der Waals surface area contributed by atoms with Crippen LogP contribution in [-0.4, -0.2) is 35.8 Å². The van der Waals surface area contributed by atoms with Crippen LogP contribution in [0.3, 0.4) is 0 Å². The molecule has 1 fully saturated rings. The number of alkyl carbamates (subject to hydrolysis) is 1. The number of nitrogens with one attached hydrogen (secondary N) is 1. The van der Waals surface area contributed by atoms with Crippen molar-refractivity contribution >= 4 is 17.5 Å². The Morgan fingerprint density at radius 1 is 1.48 bits per heavy atom. The first-order valence-electron chi connectivity index (χ1n) is 7.80. The van der Waals surface area contributed by atoms with Crippen LogP contribution < -0.4 is 16.0 Å². The van der Waals surface area contributed by atoms with Gasteiger partial charge >= 0.3 is 6.09 Å². The number of nitrogens with zero attached hydrogens (tertiary/aromatic N) is 2. The summed E-state index contributed by atoms with van der Waals surface area (Å²) in [6.07, 6.45) is 1.80. The van der Waals surface area contributed by atoms with Crippen molar-refractivity contribution in [2.45, 2.75) is 45.8 Å². The SMILES string of the molecule is C[C@@H]1C[C@H](NC(=O)OC(C)(C)C)CN(c2ccnc(F)c2N)C1. The molecule has 0 bridgehead atoms. The third kappa shape index (κ3) is 4.71. The van der Waals surface area contributed by atoms with Crippen LogP contribution in [0, 0.1) is 11.9 Å². The molecule has 1 aromatic heterocycles. The smallest absolute Gasteiger partial charge is 0.407 e. The molecule has 23 heavy (non-hydrogen) atoms. The fraction of sp³-hybridized carbons (Fsp3) is 0.625. The summed E-state index contributed by atoms with van der Waals surface area (Å²) in [5.41, 5.74) is 5.91. The largest absolute Gasteiger partial charge is 0.444 e. The summed E-state index contributed by atoms with van der Waals surface area (Å²) in [7, 11) is 0. The Morgan fingerprint density at radius 3 is 2.83 bits per heavy atom. The Hall–Kier alpha value is -2.05. The number of hydrogen-bond donors (Lipinski definition) is 2. The van der Waals surface area contributed by atoms with Crippen LogP contribution in [0.1, 0.15) is 34.1 Å². The minimum atomic E-state index is -0.669. The number of hydrogen-bond acceptors (Lipinski definition) is 5. The van der Waals surface area contributed by atoms with Gasteiger partial charge in [0, 0.05) is 25.3 Å². The van der Waals surface area contributed by atoms with Crippen LogP contribution in [0.4, 0.5) is 20.6 Å². The molecule has 0 aromatic carbocycles. The predicted octanol–water partition coefficient (Wildman–Crippen LogP) is 2.54. The molecule has 128 valence electrons. The molecule has 0 saturated carbocycles. The Kier molecular flexibility index (Phi) is 4.97. The van der Waals surface area contributed by atoms with E-state index in [2.05, 4.69) is 17.2 Å². The van der Waals surface area contributed by atoms with Crippen LogP contribution in [-0.2, 0) is 4.74 Å². The molecule has 1 saturated heterocycles. The van der Waals surface area contributed by atoms with Gasteiger partial charge in [-0.05, 0) is 39.2 Å². The lowest BCUT2D eigenvalue weighted by molar-refractivity contribution is 0.0495. The van der Waals surface area contributed by atoms with E-state index in [0.29, 0.717) is 18.2 Å². The highest BCUT2D eigenvalue weighted by Crippen LogP contribution is 2.29. The average molecular weight is 324 g/mol. The fourth-order valence-corrected chi connectivity index (χ4v) is 2.84. The van der Waals surface area contributed by atoms with E-state index in [1.165, 1.54) is 6.20 Å². The van der Waals surface area contributed by atoms with Crippen molar-refractivity contribution in [1.82, 2.24) is 10.3 Å². The highest BCUT2D eigenvalue weighted by atomic mass is 19.1. The average Bonchev–Trinajstić information content (AvgIpc) is 2.38. The van der Waals surface area contributed by atoms with Gasteiger partial charge in [0.25, 0.3) is 0 Å². The number of pyridine rings is 1. The van der Waals surface area contributed by atoms with Crippen LogP contribution in [0.15, 0.2) is 12.3 Å². The number of nitrogen functional groups attached to an aromatic ring is 1. The number of piperidine rings is 1. The summed E-state index contributed by atoms with van der Waals surface area (Å²) in [5, 5.41) is 2.89. The monoisotopic (exact) mass is 324 g/mol. The number of carbonyl (C=O) groups is 1. The van der Waals surface area contributed by atoms with Gasteiger partial charge in [0.15, 0.2) is 0 Å². The first-order valence-corrected chi connectivity index (χ1v) is 7.80. The van der Waals surface area contributed by atoms with Crippen molar-refractivity contribution < 1.29 is 13.9 Å². The van der Waals surface area contributed by atoms with E-state index in [1.54, 1.807) is 6.07 Å². The van der Waals surface area contributed by atoms with Crippen molar-refractivity contribution in [2.24, 2.45) is 5.92 Å². The molecule has 3 N–H and O–H groups in total. The minimum Gasteiger partial charge on any atom is -0.444 e. The molecule has 0 aliphatic carbocycles. The molecule has 0 unspecified atom stereocenters. The van der Waals surface area contributed by atoms with Gasteiger partial charge in [0.2, 0.25) is 5.95 Å². The van der Waals surface area contributed by atoms with E-state index in [4.69, 9.17) is 10.5 Å². The number of aromatic nitrogens is 1. The second kappa shape index (κ2) is 6.60. The van der Waals surface area contributed by atoms with Gasteiger partial charge in [0.05, 0.1) is 5.69 Å². The van der Waals surface area contributed by atoms with Gasteiger partial charge in [-0.15, -0.1) is 0 Å². The molecule has 0 radical (unpaired) electrons. The summed E-state index contributed by atoms with van der Waals surface area (Å²) in [5.74, 6) is -0.336. The number of halogens is 1. The van der Waals surface area contributed by atoms with E-state index >= 15 is 0 Å². The lowest BCUT2D eigenvalue weighted by atomic mass is 9.95. The van der Waals surface area contributed by atoms with E-state index in [1.807, 2.05) is 25.7 Å². The number of nitrogens with two attached hydrogens (primary N) is 1. The summed E-state index contributed by atoms with van der Waals surface area (Å²) in [4.78, 5) is 17.5. The maximum Gasteiger partial charge on any atom is 0.407 e. The van der Waals surface area contributed by atoms with Gasteiger partial charge < -0.3 is 20.7 Å². The summed E-state index contributed by atoms with van der Waals surface area (Å²) in [6, 6.07) is 1.62. The molecule has 0 spiro atoms. The summed E-state index contributed by atoms with van der Waals surface area (Å²) >= 11 is 0. The van der Waals surface area contributed by atoms with E-state index in [9.17, 15) is 9.18 Å². The number of amides is 1. The second-order valence-electron chi connectivity index (χ2n) is 7.12. The first-order chi connectivity index (χ1) is 10.7. The maximum atomic E-state index is 13.6. The third-order valence-corrected chi connectivity index (χ3v) is 3.64. The van der Waals surface area contributed by atoms with Gasteiger partial charge in [0.1, 0.15) is 11.3 Å². The zero-order valence-corrected chi connectivity index (χ0v) is 14.1. The summed E-state index contributed by atoms with van der Waals surface area (Å²) in [6.45, 7) is 8.86. The van der Waals surface area contributed by atoms with E-state index < -0.39 is 17.6 Å². The van der Waals surface area contributed by atoms with Crippen molar-refractivity contribution in [3.8, 4) is 0 Å². The van der Waals surface area contributed by atoms with Crippen molar-refractivity contribution in [3.63, 3.8) is 0 Å². The molecule has 6 nitrogen and oxygen atoms in total. The second-order valence-corrected chi connectivity index (χ2v) is 7.12. The molecule has 2 heterocycles. The zero-order chi connectivity index (χ0) is 17.2. The third-order valence-electron chi connectivity index (χ3n) is 3.64. The number of ether oxygens (including phenoxy) is 1. The van der Waals surface area contributed by atoms with Crippen LogP contribution >= 0.6 is 0 Å². The molecule has 1 aliphatic rings. The normalized spacial score (nSPS) is 21.9. The molecule has 1 aromatic rings. The lowest BCUT2D eigenvalue weighted by Crippen LogP contribution is -2.51. The zero-order valence-electron chi connectivity index (χ0n) is 14.1. The fourth-order valence-electron chi connectivity index (χ4n) is 2.84. The molecule has 2 atom stereocenters. The minimum absolute atomic E-state index is 0.0395. The van der Waals surface area contributed by atoms with Crippen LogP contribution in [0.25, 0.3) is 0 Å². The Labute approximate surface area is 136 Å². The molecular weight excluding hydrogens is 299 g/mol. The molecular formula is C16H25FN4O2. The van der Waals surface area contributed by atoms with E-state index in [-0.39, 0.29) is 11.7 Å². The Morgan fingerprint density at radius 2 is 2.17 bits per heavy atom. The highest BCUT2D eigenvalue weighted by Gasteiger charge is 2.29. The Balaban J connectivity index is 2.07. The Bertz CT molecular complexity index is 574.